The summed E-state index contributed by atoms with van der Waals surface area (Å²) in [6, 6.07) is 11.0. The maximum Gasteiger partial charge on any atom is 0.256 e. The van der Waals surface area contributed by atoms with Crippen LogP contribution >= 0.6 is 11.6 Å². The third kappa shape index (κ3) is 3.31. The van der Waals surface area contributed by atoms with Gasteiger partial charge in [-0.05, 0) is 18.2 Å². The first kappa shape index (κ1) is 17.9. The number of ether oxygens (including phenoxy) is 1. The monoisotopic (exact) mass is 387 g/mol. The van der Waals surface area contributed by atoms with Crippen molar-refractivity contribution < 1.29 is 14.6 Å². The van der Waals surface area contributed by atoms with Crippen LogP contribution in [0.25, 0.3) is 0 Å². The van der Waals surface area contributed by atoms with Crippen LogP contribution in [0.4, 0.5) is 5.69 Å². The van der Waals surface area contributed by atoms with Gasteiger partial charge in [0.15, 0.2) is 11.5 Å². The SMILES string of the molecule is COc1cccc(CN2CCC3(CC2)NC(=O)c2c(Cl)cccc2N3)c1O. The zero-order chi connectivity index (χ0) is 19.0. The molecule has 3 N–H and O–H groups in total. The van der Waals surface area contributed by atoms with Crippen LogP contribution < -0.4 is 15.4 Å². The summed E-state index contributed by atoms with van der Waals surface area (Å²) in [6.45, 7) is 2.22. The van der Waals surface area contributed by atoms with Crippen LogP contribution in [-0.2, 0) is 6.54 Å². The number of aromatic hydroxyl groups is 1. The fraction of sp³-hybridized carbons (Fsp3) is 0.350. The summed E-state index contributed by atoms with van der Waals surface area (Å²) in [5.41, 5.74) is 1.67. The zero-order valence-electron chi connectivity index (χ0n) is 15.1. The standard InChI is InChI=1S/C20H22ClN3O3/c1-27-16-7-2-4-13(18(16)25)12-24-10-8-20(9-11-24)22-15-6-3-5-14(21)17(15)19(26)23-20/h2-7,22,25H,8-12H2,1H3,(H,23,26). The lowest BCUT2D eigenvalue weighted by atomic mass is 9.92. The van der Waals surface area contributed by atoms with Crippen molar-refractivity contribution in [3.8, 4) is 11.5 Å². The van der Waals surface area contributed by atoms with Crippen molar-refractivity contribution in [2.45, 2.75) is 25.0 Å². The Hall–Kier alpha value is -2.44. The molecule has 4 rings (SSSR count). The summed E-state index contributed by atoms with van der Waals surface area (Å²) < 4.78 is 5.18. The lowest BCUT2D eigenvalue weighted by Crippen LogP contribution is -2.62. The molecular weight excluding hydrogens is 366 g/mol. The number of methoxy groups -OCH3 is 1. The maximum atomic E-state index is 12.6. The summed E-state index contributed by atoms with van der Waals surface area (Å²) in [5.74, 6) is 0.539. The van der Waals surface area contributed by atoms with Crippen molar-refractivity contribution in [1.29, 1.82) is 0 Å². The van der Waals surface area contributed by atoms with E-state index >= 15 is 0 Å². The Morgan fingerprint density at radius 2 is 1.93 bits per heavy atom. The molecule has 1 fully saturated rings. The quantitative estimate of drug-likeness (QED) is 0.754. The summed E-state index contributed by atoms with van der Waals surface area (Å²) in [6.07, 6.45) is 1.52. The number of nitrogens with one attached hydrogen (secondary N) is 2. The molecule has 1 saturated heterocycles. The predicted molar refractivity (Wildman–Crippen MR) is 104 cm³/mol. The minimum Gasteiger partial charge on any atom is -0.504 e. The second kappa shape index (κ2) is 6.94. The molecular formula is C20H22ClN3O3. The first-order chi connectivity index (χ1) is 13.0. The molecule has 0 aliphatic carbocycles. The smallest absolute Gasteiger partial charge is 0.256 e. The fourth-order valence-corrected chi connectivity index (χ4v) is 4.13. The fourth-order valence-electron chi connectivity index (χ4n) is 3.87. The molecule has 0 aromatic heterocycles. The number of phenols is 1. The Labute approximate surface area is 163 Å². The topological polar surface area (TPSA) is 73.8 Å². The highest BCUT2D eigenvalue weighted by Gasteiger charge is 2.40. The molecule has 1 amide bonds. The average molecular weight is 388 g/mol. The molecule has 0 bridgehead atoms. The molecule has 2 aromatic carbocycles. The number of para-hydroxylation sites is 1. The Morgan fingerprint density at radius 3 is 2.67 bits per heavy atom. The molecule has 1 spiro atoms. The van der Waals surface area contributed by atoms with Crippen LogP contribution in [0, 0.1) is 0 Å². The summed E-state index contributed by atoms with van der Waals surface area (Å²) >= 11 is 6.17. The molecule has 0 radical (unpaired) electrons. The molecule has 0 saturated carbocycles. The van der Waals surface area contributed by atoms with E-state index < -0.39 is 5.66 Å². The Kier molecular flexibility index (Phi) is 4.61. The number of piperidine rings is 1. The van der Waals surface area contributed by atoms with Crippen molar-refractivity contribution in [1.82, 2.24) is 10.2 Å². The number of amides is 1. The zero-order valence-corrected chi connectivity index (χ0v) is 15.8. The van der Waals surface area contributed by atoms with Crippen molar-refractivity contribution >= 4 is 23.2 Å². The van der Waals surface area contributed by atoms with Gasteiger partial charge in [0.25, 0.3) is 5.91 Å². The molecule has 7 heteroatoms. The van der Waals surface area contributed by atoms with E-state index in [-0.39, 0.29) is 11.7 Å². The second-order valence-electron chi connectivity index (χ2n) is 7.07. The predicted octanol–water partition coefficient (Wildman–Crippen LogP) is 3.20. The first-order valence-corrected chi connectivity index (χ1v) is 9.35. The van der Waals surface area contributed by atoms with Gasteiger partial charge in [-0.3, -0.25) is 9.69 Å². The van der Waals surface area contributed by atoms with E-state index in [2.05, 4.69) is 15.5 Å². The third-order valence-electron chi connectivity index (χ3n) is 5.37. The highest BCUT2D eigenvalue weighted by atomic mass is 35.5. The van der Waals surface area contributed by atoms with Gasteiger partial charge in [0, 0.05) is 38.0 Å². The van der Waals surface area contributed by atoms with Crippen molar-refractivity contribution in [2.24, 2.45) is 0 Å². The second-order valence-corrected chi connectivity index (χ2v) is 7.47. The highest BCUT2D eigenvalue weighted by molar-refractivity contribution is 6.34. The number of nitrogens with zero attached hydrogens (tertiary/aromatic N) is 1. The Bertz CT molecular complexity index is 879. The third-order valence-corrected chi connectivity index (χ3v) is 5.69. The molecule has 0 unspecified atom stereocenters. The lowest BCUT2D eigenvalue weighted by Gasteiger charge is -2.46. The van der Waals surface area contributed by atoms with Crippen molar-refractivity contribution in [2.75, 3.05) is 25.5 Å². The van der Waals surface area contributed by atoms with Crippen molar-refractivity contribution in [3.05, 3.63) is 52.5 Å². The minimum absolute atomic E-state index is 0.131. The number of hydrogen-bond acceptors (Lipinski definition) is 5. The van der Waals surface area contributed by atoms with Gasteiger partial charge in [-0.1, -0.05) is 29.8 Å². The Balaban J connectivity index is 1.46. The molecule has 2 aromatic rings. The van der Waals surface area contributed by atoms with E-state index in [9.17, 15) is 9.90 Å². The van der Waals surface area contributed by atoms with E-state index in [1.807, 2.05) is 24.3 Å². The minimum atomic E-state index is -0.457. The van der Waals surface area contributed by atoms with Gasteiger partial charge in [-0.15, -0.1) is 0 Å². The Morgan fingerprint density at radius 1 is 1.19 bits per heavy atom. The molecule has 2 aliphatic heterocycles. The number of fused-ring (bicyclic) bond motifs is 1. The first-order valence-electron chi connectivity index (χ1n) is 8.98. The van der Waals surface area contributed by atoms with Gasteiger partial charge in [-0.2, -0.15) is 0 Å². The molecule has 2 heterocycles. The van der Waals surface area contributed by atoms with Gasteiger partial charge in [0.1, 0.15) is 5.66 Å². The van der Waals surface area contributed by atoms with Crippen LogP contribution in [-0.4, -0.2) is 41.8 Å². The number of carbonyl (C=O) groups excluding carboxylic acids is 1. The lowest BCUT2D eigenvalue weighted by molar-refractivity contribution is 0.0822. The van der Waals surface area contributed by atoms with E-state index in [4.69, 9.17) is 16.3 Å². The average Bonchev–Trinajstić information content (AvgIpc) is 2.65. The van der Waals surface area contributed by atoms with Gasteiger partial charge in [-0.25, -0.2) is 0 Å². The molecule has 142 valence electrons. The van der Waals surface area contributed by atoms with Crippen molar-refractivity contribution in [3.63, 3.8) is 0 Å². The van der Waals surface area contributed by atoms with Crippen LogP contribution in [0.1, 0.15) is 28.8 Å². The number of anilines is 1. The molecule has 27 heavy (non-hydrogen) atoms. The maximum absolute atomic E-state index is 12.6. The number of likely N-dealkylation sites (tertiary alicyclic amines) is 1. The number of rotatable bonds is 3. The number of halogens is 1. The van der Waals surface area contributed by atoms with Gasteiger partial charge < -0.3 is 20.5 Å². The van der Waals surface area contributed by atoms with Crippen LogP contribution in [0.3, 0.4) is 0 Å². The van der Waals surface area contributed by atoms with Crippen LogP contribution in [0.5, 0.6) is 11.5 Å². The van der Waals surface area contributed by atoms with Crippen LogP contribution in [0.15, 0.2) is 36.4 Å². The highest BCUT2D eigenvalue weighted by Crippen LogP contribution is 2.36. The van der Waals surface area contributed by atoms with Gasteiger partial charge in [0.2, 0.25) is 0 Å². The van der Waals surface area contributed by atoms with E-state index in [0.717, 1.165) is 37.2 Å². The molecule has 6 nitrogen and oxygen atoms in total. The number of hydrogen-bond donors (Lipinski definition) is 3. The normalized spacial score (nSPS) is 18.5. The summed E-state index contributed by atoms with van der Waals surface area (Å²) in [5, 5.41) is 17.4. The van der Waals surface area contributed by atoms with Crippen LogP contribution in [0.2, 0.25) is 5.02 Å². The van der Waals surface area contributed by atoms with Gasteiger partial charge in [0.05, 0.1) is 23.4 Å². The summed E-state index contributed by atoms with van der Waals surface area (Å²) in [4.78, 5) is 14.8. The van der Waals surface area contributed by atoms with E-state index in [1.54, 1.807) is 19.2 Å². The number of phenolic OH excluding ortho intramolecular Hbond substituents is 1. The van der Waals surface area contributed by atoms with Gasteiger partial charge >= 0.3 is 0 Å². The number of carbonyl (C=O) groups is 1. The largest absolute Gasteiger partial charge is 0.504 e. The van der Waals surface area contributed by atoms with E-state index in [1.165, 1.54) is 0 Å². The molecule has 0 atom stereocenters. The molecule has 2 aliphatic rings. The summed E-state index contributed by atoms with van der Waals surface area (Å²) in [7, 11) is 1.55. The van der Waals surface area contributed by atoms with E-state index in [0.29, 0.717) is 22.9 Å². The number of benzene rings is 2.